The predicted molar refractivity (Wildman–Crippen MR) is 72.8 cm³/mol. The number of nitrogens with zero attached hydrogens (tertiary/aromatic N) is 2. The van der Waals surface area contributed by atoms with Crippen LogP contribution >= 0.6 is 0 Å². The minimum Gasteiger partial charge on any atom is -0.318 e. The molecule has 0 heterocycles. The number of hydrogen-bond acceptors (Lipinski definition) is 4. The molecule has 0 bridgehead atoms. The van der Waals surface area contributed by atoms with Crippen LogP contribution in [0.4, 0.5) is 5.69 Å². The highest BCUT2D eigenvalue weighted by molar-refractivity contribution is 5.43. The molecule has 0 fully saturated rings. The van der Waals surface area contributed by atoms with Crippen molar-refractivity contribution in [3.05, 3.63) is 39.4 Å². The first-order valence-corrected chi connectivity index (χ1v) is 6.07. The van der Waals surface area contributed by atoms with E-state index < -0.39 is 0 Å². The Labute approximate surface area is 108 Å². The Kier molecular flexibility index (Phi) is 5.25. The maximum atomic E-state index is 10.9. The molecule has 5 heteroatoms. The third kappa shape index (κ3) is 3.51. The highest BCUT2D eigenvalue weighted by Gasteiger charge is 2.16. The molecule has 1 aromatic carbocycles. The van der Waals surface area contributed by atoms with Gasteiger partial charge in [0.1, 0.15) is 0 Å². The first-order chi connectivity index (χ1) is 8.47. The van der Waals surface area contributed by atoms with Crippen molar-refractivity contribution in [2.75, 3.05) is 27.2 Å². The highest BCUT2D eigenvalue weighted by Crippen LogP contribution is 2.25. The van der Waals surface area contributed by atoms with Gasteiger partial charge in [-0.1, -0.05) is 12.1 Å². The molecule has 100 valence electrons. The molecule has 1 N–H and O–H groups in total. The molecule has 0 aliphatic rings. The lowest BCUT2D eigenvalue weighted by atomic mass is 10.0. The second kappa shape index (κ2) is 6.47. The Morgan fingerprint density at radius 3 is 2.72 bits per heavy atom. The van der Waals surface area contributed by atoms with Crippen LogP contribution < -0.4 is 5.32 Å². The molecule has 0 aliphatic carbocycles. The quantitative estimate of drug-likeness (QED) is 0.621. The van der Waals surface area contributed by atoms with Crippen molar-refractivity contribution in [2.24, 2.45) is 0 Å². The van der Waals surface area contributed by atoms with Crippen molar-refractivity contribution in [2.45, 2.75) is 19.9 Å². The summed E-state index contributed by atoms with van der Waals surface area (Å²) in [7, 11) is 3.93. The van der Waals surface area contributed by atoms with E-state index in [4.69, 9.17) is 0 Å². The zero-order chi connectivity index (χ0) is 13.7. The Morgan fingerprint density at radius 1 is 1.50 bits per heavy atom. The number of likely N-dealkylation sites (N-methyl/N-ethyl adjacent to an activating group) is 2. The van der Waals surface area contributed by atoms with Crippen LogP contribution in [-0.2, 0) is 0 Å². The SMILES string of the molecule is CNCCN(C)C(C)c1ccc(C)c([N+](=O)[O-])c1. The lowest BCUT2D eigenvalue weighted by molar-refractivity contribution is -0.385. The molecule has 0 saturated heterocycles. The van der Waals surface area contributed by atoms with Crippen molar-refractivity contribution < 1.29 is 4.92 Å². The Balaban J connectivity index is 2.89. The van der Waals surface area contributed by atoms with Crippen LogP contribution in [0.5, 0.6) is 0 Å². The minimum absolute atomic E-state index is 0.164. The topological polar surface area (TPSA) is 58.4 Å². The first-order valence-electron chi connectivity index (χ1n) is 6.07. The Morgan fingerprint density at radius 2 is 2.17 bits per heavy atom. The summed E-state index contributed by atoms with van der Waals surface area (Å²) >= 11 is 0. The number of rotatable bonds is 6. The molecule has 18 heavy (non-hydrogen) atoms. The zero-order valence-electron chi connectivity index (χ0n) is 11.4. The van der Waals surface area contributed by atoms with E-state index in [2.05, 4.69) is 17.1 Å². The van der Waals surface area contributed by atoms with Gasteiger partial charge in [-0.15, -0.1) is 0 Å². The van der Waals surface area contributed by atoms with E-state index in [9.17, 15) is 10.1 Å². The van der Waals surface area contributed by atoms with Crippen LogP contribution in [0.2, 0.25) is 0 Å². The van der Waals surface area contributed by atoms with Crippen LogP contribution in [-0.4, -0.2) is 37.0 Å². The number of nitro groups is 1. The first kappa shape index (κ1) is 14.6. The summed E-state index contributed by atoms with van der Waals surface area (Å²) < 4.78 is 0. The number of aryl methyl sites for hydroxylation is 1. The molecule has 0 aliphatic heterocycles. The van der Waals surface area contributed by atoms with Crippen LogP contribution in [0, 0.1) is 17.0 Å². The molecule has 1 unspecified atom stereocenters. The fourth-order valence-corrected chi connectivity index (χ4v) is 1.82. The summed E-state index contributed by atoms with van der Waals surface area (Å²) in [6, 6.07) is 5.62. The fourth-order valence-electron chi connectivity index (χ4n) is 1.82. The number of nitrogens with one attached hydrogen (secondary N) is 1. The van der Waals surface area contributed by atoms with Crippen molar-refractivity contribution in [3.8, 4) is 0 Å². The van der Waals surface area contributed by atoms with Gasteiger partial charge in [-0.25, -0.2) is 0 Å². The van der Waals surface area contributed by atoms with Gasteiger partial charge in [0, 0.05) is 30.8 Å². The van der Waals surface area contributed by atoms with Gasteiger partial charge >= 0.3 is 0 Å². The summed E-state index contributed by atoms with van der Waals surface area (Å²) in [6.45, 7) is 5.62. The van der Waals surface area contributed by atoms with Crippen molar-refractivity contribution >= 4 is 5.69 Å². The summed E-state index contributed by atoms with van der Waals surface area (Å²) in [5.41, 5.74) is 1.88. The largest absolute Gasteiger partial charge is 0.318 e. The molecule has 0 aromatic heterocycles. The lowest BCUT2D eigenvalue weighted by Gasteiger charge is -2.25. The van der Waals surface area contributed by atoms with Gasteiger partial charge in [-0.3, -0.25) is 15.0 Å². The van der Waals surface area contributed by atoms with Gasteiger partial charge in [0.05, 0.1) is 4.92 Å². The second-order valence-corrected chi connectivity index (χ2v) is 4.56. The average molecular weight is 251 g/mol. The normalized spacial score (nSPS) is 12.7. The van der Waals surface area contributed by atoms with Crippen LogP contribution in [0.15, 0.2) is 18.2 Å². The Hall–Kier alpha value is -1.46. The average Bonchev–Trinajstić information content (AvgIpc) is 2.35. The van der Waals surface area contributed by atoms with Crippen LogP contribution in [0.25, 0.3) is 0 Å². The van der Waals surface area contributed by atoms with Gasteiger partial charge in [-0.2, -0.15) is 0 Å². The predicted octanol–water partition coefficient (Wildman–Crippen LogP) is 2.12. The molecule has 1 aromatic rings. The molecular formula is C13H21N3O2. The third-order valence-corrected chi connectivity index (χ3v) is 3.29. The van der Waals surface area contributed by atoms with E-state index in [1.807, 2.05) is 26.2 Å². The lowest BCUT2D eigenvalue weighted by Crippen LogP contribution is -2.29. The van der Waals surface area contributed by atoms with Gasteiger partial charge in [0.15, 0.2) is 0 Å². The van der Waals surface area contributed by atoms with Gasteiger partial charge in [0.2, 0.25) is 0 Å². The number of nitro benzene ring substituents is 1. The molecule has 1 rings (SSSR count). The van der Waals surface area contributed by atoms with Crippen molar-refractivity contribution in [1.29, 1.82) is 0 Å². The van der Waals surface area contributed by atoms with Gasteiger partial charge in [-0.05, 0) is 33.5 Å². The fraction of sp³-hybridized carbons (Fsp3) is 0.538. The van der Waals surface area contributed by atoms with Crippen LogP contribution in [0.3, 0.4) is 0 Å². The number of benzene rings is 1. The van der Waals surface area contributed by atoms with E-state index >= 15 is 0 Å². The molecule has 0 saturated carbocycles. The Bertz CT molecular complexity index is 421. The van der Waals surface area contributed by atoms with Gasteiger partial charge in [0.25, 0.3) is 5.69 Å². The summed E-state index contributed by atoms with van der Waals surface area (Å²) in [5.74, 6) is 0. The standard InChI is InChI=1S/C13H21N3O2/c1-10-5-6-12(9-13(10)16(17)18)11(2)15(4)8-7-14-3/h5-6,9,11,14H,7-8H2,1-4H3. The van der Waals surface area contributed by atoms with E-state index in [0.29, 0.717) is 5.56 Å². The van der Waals surface area contributed by atoms with E-state index in [0.717, 1.165) is 18.7 Å². The maximum absolute atomic E-state index is 10.9. The van der Waals surface area contributed by atoms with Crippen molar-refractivity contribution in [3.63, 3.8) is 0 Å². The van der Waals surface area contributed by atoms with E-state index in [-0.39, 0.29) is 16.7 Å². The molecule has 0 amide bonds. The number of hydrogen-bond donors (Lipinski definition) is 1. The molecule has 1 atom stereocenters. The zero-order valence-corrected chi connectivity index (χ0v) is 11.4. The second-order valence-electron chi connectivity index (χ2n) is 4.56. The van der Waals surface area contributed by atoms with Crippen molar-refractivity contribution in [1.82, 2.24) is 10.2 Å². The monoisotopic (exact) mass is 251 g/mol. The highest BCUT2D eigenvalue weighted by atomic mass is 16.6. The van der Waals surface area contributed by atoms with E-state index in [1.165, 1.54) is 0 Å². The molecule has 0 radical (unpaired) electrons. The molecule has 5 nitrogen and oxygen atoms in total. The molecular weight excluding hydrogens is 230 g/mol. The molecule has 0 spiro atoms. The summed E-state index contributed by atoms with van der Waals surface area (Å²) in [5, 5.41) is 14.0. The smallest absolute Gasteiger partial charge is 0.272 e. The van der Waals surface area contributed by atoms with Gasteiger partial charge < -0.3 is 5.32 Å². The van der Waals surface area contributed by atoms with Crippen LogP contribution in [0.1, 0.15) is 24.1 Å². The maximum Gasteiger partial charge on any atom is 0.272 e. The third-order valence-electron chi connectivity index (χ3n) is 3.29. The summed E-state index contributed by atoms with van der Waals surface area (Å²) in [6.07, 6.45) is 0. The summed E-state index contributed by atoms with van der Waals surface area (Å²) in [4.78, 5) is 12.8. The van der Waals surface area contributed by atoms with E-state index in [1.54, 1.807) is 13.0 Å². The minimum atomic E-state index is -0.320.